The van der Waals surface area contributed by atoms with Crippen LogP contribution in [0.3, 0.4) is 0 Å². The van der Waals surface area contributed by atoms with Crippen LogP contribution in [-0.4, -0.2) is 15.8 Å². The number of fused-ring (bicyclic) bond motifs is 1. The molecule has 0 aliphatic carbocycles. The van der Waals surface area contributed by atoms with Crippen LogP contribution in [-0.2, 0) is 0 Å². The Morgan fingerprint density at radius 2 is 2.29 bits per heavy atom. The van der Waals surface area contributed by atoms with Crippen molar-refractivity contribution in [3.63, 3.8) is 0 Å². The number of rotatable bonds is 1. The van der Waals surface area contributed by atoms with E-state index in [1.807, 2.05) is 6.92 Å². The Morgan fingerprint density at radius 3 is 2.93 bits per heavy atom. The molecule has 0 unspecified atom stereocenters. The van der Waals surface area contributed by atoms with Crippen LogP contribution in [0.5, 0.6) is 0 Å². The molecule has 72 valence electrons. The van der Waals surface area contributed by atoms with Crippen LogP contribution in [0.4, 0.5) is 0 Å². The molecule has 0 bridgehead atoms. The number of hydrogen-bond acceptors (Lipinski definition) is 2. The molecule has 2 heterocycles. The highest BCUT2D eigenvalue weighted by Crippen LogP contribution is 2.23. The SMILES string of the molecule is CC(=O)c1c[nH]c2c(C)nc(Cl)cc12. The van der Waals surface area contributed by atoms with E-state index in [1.165, 1.54) is 6.92 Å². The maximum atomic E-state index is 11.3. The molecule has 0 amide bonds. The van der Waals surface area contributed by atoms with E-state index in [-0.39, 0.29) is 5.78 Å². The third kappa shape index (κ3) is 1.30. The zero-order valence-electron chi connectivity index (χ0n) is 7.89. The van der Waals surface area contributed by atoms with Crippen molar-refractivity contribution in [3.05, 3.63) is 28.7 Å². The van der Waals surface area contributed by atoms with E-state index in [2.05, 4.69) is 9.97 Å². The standard InChI is InChI=1S/C10H9ClN2O/c1-5-10-7(3-9(11)13-5)8(4-12-10)6(2)14/h3-4,12H,1-2H3. The quantitative estimate of drug-likeness (QED) is 0.579. The molecule has 2 rings (SSSR count). The Morgan fingerprint density at radius 1 is 1.57 bits per heavy atom. The second kappa shape index (κ2) is 3.10. The molecule has 0 spiro atoms. The first-order valence-electron chi connectivity index (χ1n) is 4.25. The van der Waals surface area contributed by atoms with Gasteiger partial charge in [0.05, 0.1) is 11.2 Å². The van der Waals surface area contributed by atoms with E-state index < -0.39 is 0 Å². The normalized spacial score (nSPS) is 10.8. The molecular weight excluding hydrogens is 200 g/mol. The van der Waals surface area contributed by atoms with Crippen LogP contribution in [0.25, 0.3) is 10.9 Å². The molecule has 0 fully saturated rings. The number of H-pyrrole nitrogens is 1. The number of pyridine rings is 1. The summed E-state index contributed by atoms with van der Waals surface area (Å²) in [6.07, 6.45) is 1.69. The van der Waals surface area contributed by atoms with Crippen molar-refractivity contribution in [3.8, 4) is 0 Å². The summed E-state index contributed by atoms with van der Waals surface area (Å²) in [4.78, 5) is 18.4. The number of nitrogens with one attached hydrogen (secondary N) is 1. The van der Waals surface area contributed by atoms with Crippen molar-refractivity contribution in [2.75, 3.05) is 0 Å². The lowest BCUT2D eigenvalue weighted by Gasteiger charge is -1.97. The zero-order valence-corrected chi connectivity index (χ0v) is 8.64. The lowest BCUT2D eigenvalue weighted by molar-refractivity contribution is 0.101. The van der Waals surface area contributed by atoms with Gasteiger partial charge in [-0.3, -0.25) is 4.79 Å². The number of Topliss-reactive ketones (excluding diaryl/α,β-unsaturated/α-hetero) is 1. The molecule has 2 aromatic rings. The van der Waals surface area contributed by atoms with Crippen LogP contribution in [0.1, 0.15) is 23.0 Å². The smallest absolute Gasteiger partial charge is 0.161 e. The van der Waals surface area contributed by atoms with E-state index >= 15 is 0 Å². The highest BCUT2D eigenvalue weighted by atomic mass is 35.5. The highest BCUT2D eigenvalue weighted by molar-refractivity contribution is 6.30. The van der Waals surface area contributed by atoms with Gasteiger partial charge >= 0.3 is 0 Å². The van der Waals surface area contributed by atoms with Gasteiger partial charge < -0.3 is 4.98 Å². The molecule has 4 heteroatoms. The first-order chi connectivity index (χ1) is 6.59. The Kier molecular flexibility index (Phi) is 2.04. The second-order valence-corrected chi connectivity index (χ2v) is 3.60. The largest absolute Gasteiger partial charge is 0.359 e. The molecule has 0 saturated heterocycles. The Bertz CT molecular complexity index is 516. The summed E-state index contributed by atoms with van der Waals surface area (Å²) in [5.41, 5.74) is 2.34. The van der Waals surface area contributed by atoms with Gasteiger partial charge in [0, 0.05) is 17.1 Å². The molecular formula is C10H9ClN2O. The molecule has 2 aromatic heterocycles. The van der Waals surface area contributed by atoms with Gasteiger partial charge in [0.1, 0.15) is 5.15 Å². The summed E-state index contributed by atoms with van der Waals surface area (Å²) in [6.45, 7) is 3.39. The van der Waals surface area contributed by atoms with Crippen molar-refractivity contribution >= 4 is 28.3 Å². The first-order valence-corrected chi connectivity index (χ1v) is 4.62. The van der Waals surface area contributed by atoms with E-state index in [0.29, 0.717) is 10.7 Å². The van der Waals surface area contributed by atoms with E-state index in [4.69, 9.17) is 11.6 Å². The van der Waals surface area contributed by atoms with Gasteiger partial charge in [0.15, 0.2) is 5.78 Å². The van der Waals surface area contributed by atoms with Crippen molar-refractivity contribution < 1.29 is 4.79 Å². The average molecular weight is 209 g/mol. The molecule has 0 saturated carbocycles. The molecule has 0 aromatic carbocycles. The summed E-state index contributed by atoms with van der Waals surface area (Å²) in [6, 6.07) is 1.71. The Hall–Kier alpha value is -1.35. The summed E-state index contributed by atoms with van der Waals surface area (Å²) in [5.74, 6) is 0.0258. The minimum atomic E-state index is 0.0258. The number of carbonyl (C=O) groups is 1. The van der Waals surface area contributed by atoms with Gasteiger partial charge in [-0.25, -0.2) is 4.98 Å². The van der Waals surface area contributed by atoms with E-state index in [1.54, 1.807) is 12.3 Å². The van der Waals surface area contributed by atoms with Crippen LogP contribution >= 0.6 is 11.6 Å². The Balaban J connectivity index is 2.85. The first kappa shape index (κ1) is 9.21. The third-order valence-corrected chi connectivity index (χ3v) is 2.39. The molecule has 1 N–H and O–H groups in total. The molecule has 0 aliphatic rings. The van der Waals surface area contributed by atoms with Crippen LogP contribution < -0.4 is 0 Å². The van der Waals surface area contributed by atoms with Crippen molar-refractivity contribution in [1.82, 2.24) is 9.97 Å². The second-order valence-electron chi connectivity index (χ2n) is 3.21. The number of hydrogen-bond donors (Lipinski definition) is 1. The number of carbonyl (C=O) groups excluding carboxylic acids is 1. The number of halogens is 1. The third-order valence-electron chi connectivity index (χ3n) is 2.20. The van der Waals surface area contributed by atoms with Crippen LogP contribution in [0, 0.1) is 6.92 Å². The lowest BCUT2D eigenvalue weighted by atomic mass is 10.1. The van der Waals surface area contributed by atoms with Crippen molar-refractivity contribution in [1.29, 1.82) is 0 Å². The fraction of sp³-hybridized carbons (Fsp3) is 0.200. The van der Waals surface area contributed by atoms with Gasteiger partial charge in [0.25, 0.3) is 0 Å². The fourth-order valence-corrected chi connectivity index (χ4v) is 1.78. The summed E-state index contributed by atoms with van der Waals surface area (Å²) in [5, 5.41) is 1.26. The number of aryl methyl sites for hydroxylation is 1. The van der Waals surface area contributed by atoms with Crippen molar-refractivity contribution in [2.24, 2.45) is 0 Å². The summed E-state index contributed by atoms with van der Waals surface area (Å²) in [7, 11) is 0. The average Bonchev–Trinajstić information content (AvgIpc) is 2.47. The van der Waals surface area contributed by atoms with E-state index in [9.17, 15) is 4.79 Å². The summed E-state index contributed by atoms with van der Waals surface area (Å²) < 4.78 is 0. The van der Waals surface area contributed by atoms with Gasteiger partial charge in [-0.1, -0.05) is 11.6 Å². The topological polar surface area (TPSA) is 45.8 Å². The number of aromatic amines is 1. The van der Waals surface area contributed by atoms with Crippen molar-refractivity contribution in [2.45, 2.75) is 13.8 Å². The maximum absolute atomic E-state index is 11.3. The predicted octanol–water partition coefficient (Wildman–Crippen LogP) is 2.73. The van der Waals surface area contributed by atoms with Gasteiger partial charge in [-0.15, -0.1) is 0 Å². The molecule has 0 aliphatic heterocycles. The fourth-order valence-electron chi connectivity index (χ4n) is 1.54. The maximum Gasteiger partial charge on any atom is 0.161 e. The number of ketones is 1. The van der Waals surface area contributed by atoms with E-state index in [0.717, 1.165) is 16.6 Å². The van der Waals surface area contributed by atoms with Gasteiger partial charge in [-0.05, 0) is 19.9 Å². The minimum absolute atomic E-state index is 0.0258. The molecule has 0 radical (unpaired) electrons. The van der Waals surface area contributed by atoms with Gasteiger partial charge in [0.2, 0.25) is 0 Å². The van der Waals surface area contributed by atoms with Gasteiger partial charge in [-0.2, -0.15) is 0 Å². The molecule has 0 atom stereocenters. The lowest BCUT2D eigenvalue weighted by Crippen LogP contribution is -1.90. The number of aromatic nitrogens is 2. The minimum Gasteiger partial charge on any atom is -0.359 e. The van der Waals surface area contributed by atoms with Crippen LogP contribution in [0.15, 0.2) is 12.3 Å². The molecule has 14 heavy (non-hydrogen) atoms. The predicted molar refractivity (Wildman–Crippen MR) is 55.8 cm³/mol. The summed E-state index contributed by atoms with van der Waals surface area (Å²) >= 11 is 5.82. The monoisotopic (exact) mass is 208 g/mol. The molecule has 3 nitrogen and oxygen atoms in total. The number of nitrogens with zero attached hydrogens (tertiary/aromatic N) is 1. The Labute approximate surface area is 86.1 Å². The highest BCUT2D eigenvalue weighted by Gasteiger charge is 2.10. The van der Waals surface area contributed by atoms with Crippen LogP contribution in [0.2, 0.25) is 5.15 Å². The zero-order chi connectivity index (χ0) is 10.3.